The van der Waals surface area contributed by atoms with E-state index in [-0.39, 0.29) is 40.0 Å². The lowest BCUT2D eigenvalue weighted by Crippen LogP contribution is -2.18. The molecule has 3 heterocycles. The Hall–Kier alpha value is -7.11. The molecular weight excluding hydrogens is 635 g/mol. The van der Waals surface area contributed by atoms with Gasteiger partial charge in [-0.15, -0.1) is 0 Å². The van der Waals surface area contributed by atoms with Crippen LogP contribution in [-0.2, 0) is 0 Å². The second-order valence-corrected chi connectivity index (χ2v) is 12.7. The summed E-state index contributed by atoms with van der Waals surface area (Å²) in [5.41, 5.74) is 7.20. The summed E-state index contributed by atoms with van der Waals surface area (Å²) in [6.07, 6.45) is 0. The van der Waals surface area contributed by atoms with Crippen molar-refractivity contribution in [3.05, 3.63) is 176 Å². The van der Waals surface area contributed by atoms with E-state index in [4.69, 9.17) is 21.8 Å². The maximum atomic E-state index is 9.43. The van der Waals surface area contributed by atoms with Gasteiger partial charge in [-0.05, 0) is 76.3 Å². The molecule has 1 aliphatic rings. The molecule has 0 atom stereocenters. The molecule has 8 aromatic carbocycles. The van der Waals surface area contributed by atoms with Crippen LogP contribution in [0.5, 0.6) is 0 Å². The Morgan fingerprint density at radius 1 is 0.481 bits per heavy atom. The highest BCUT2D eigenvalue weighted by Gasteiger charge is 2.28. The second-order valence-electron chi connectivity index (χ2n) is 12.7. The zero-order valence-corrected chi connectivity index (χ0v) is 27.4. The van der Waals surface area contributed by atoms with Gasteiger partial charge in [0.05, 0.1) is 32.0 Å². The summed E-state index contributed by atoms with van der Waals surface area (Å²) in [6.45, 7) is 0. The SMILES string of the molecule is [2H]c1c([2H])c([2H])c2c([2H])c(-c3nc(-c4ccc5c(c4)c4ccccc4n5-c4ccccc4)nc(N4c5ccccc5-c5cccc6cccc4c56)n3)c([2H])c([2H])c2c1[2H]. The molecule has 5 heteroatoms. The van der Waals surface area contributed by atoms with Crippen LogP contribution in [-0.4, -0.2) is 19.5 Å². The standard InChI is InChI=1S/C47H29N5/c1-2-16-35(17-3-1)51-40-21-8-7-19-37(40)39-29-34(26-27-42(39)51)46-48-45(33-25-24-30-12-4-5-13-32(30)28-33)49-47(50-46)52-41-22-9-6-18-36(41)38-20-10-14-31-15-11-23-43(52)44(31)38/h1-29H/i4D,5D,12D,13D,24D,25D,28D. The van der Waals surface area contributed by atoms with Crippen LogP contribution in [0.25, 0.3) is 82.9 Å². The number of fused-ring (bicyclic) bond motifs is 6. The monoisotopic (exact) mass is 670 g/mol. The molecule has 0 fully saturated rings. The largest absolute Gasteiger partial charge is 0.309 e. The molecule has 5 nitrogen and oxygen atoms in total. The number of para-hydroxylation sites is 3. The third-order valence-corrected chi connectivity index (χ3v) is 9.80. The van der Waals surface area contributed by atoms with Gasteiger partial charge in [0.15, 0.2) is 11.6 Å². The van der Waals surface area contributed by atoms with Crippen molar-refractivity contribution in [3.63, 3.8) is 0 Å². The lowest BCUT2D eigenvalue weighted by molar-refractivity contribution is 1.02. The Morgan fingerprint density at radius 2 is 1.19 bits per heavy atom. The van der Waals surface area contributed by atoms with Crippen molar-refractivity contribution < 1.29 is 9.60 Å². The summed E-state index contributed by atoms with van der Waals surface area (Å²) in [5.74, 6) is 0.400. The Balaban J connectivity index is 1.23. The van der Waals surface area contributed by atoms with E-state index in [0.29, 0.717) is 5.56 Å². The van der Waals surface area contributed by atoms with Crippen molar-refractivity contribution in [2.75, 3.05) is 4.90 Å². The zero-order valence-electron chi connectivity index (χ0n) is 34.4. The van der Waals surface area contributed by atoms with Gasteiger partial charge in [0.2, 0.25) is 5.95 Å². The van der Waals surface area contributed by atoms with Gasteiger partial charge in [-0.25, -0.2) is 4.98 Å². The molecule has 0 saturated heterocycles. The molecule has 0 saturated carbocycles. The molecule has 10 aromatic rings. The molecule has 52 heavy (non-hydrogen) atoms. The van der Waals surface area contributed by atoms with Crippen LogP contribution in [0.2, 0.25) is 0 Å². The minimum absolute atomic E-state index is 0.0712. The summed E-state index contributed by atoms with van der Waals surface area (Å²) in [5, 5.41) is 3.65. The maximum Gasteiger partial charge on any atom is 0.238 e. The highest BCUT2D eigenvalue weighted by molar-refractivity contribution is 6.13. The Labute approximate surface area is 309 Å². The zero-order chi connectivity index (χ0) is 40.3. The minimum atomic E-state index is -0.533. The average Bonchev–Trinajstić information content (AvgIpc) is 3.60. The van der Waals surface area contributed by atoms with E-state index in [1.807, 2.05) is 89.8 Å². The molecule has 11 rings (SSSR count). The second kappa shape index (κ2) is 11.2. The molecule has 0 amide bonds. The van der Waals surface area contributed by atoms with Gasteiger partial charge in [-0.1, -0.05) is 121 Å². The average molecular weight is 671 g/mol. The lowest BCUT2D eigenvalue weighted by Gasteiger charge is -2.32. The van der Waals surface area contributed by atoms with Crippen LogP contribution in [0.15, 0.2) is 176 Å². The first kappa shape index (κ1) is 22.6. The van der Waals surface area contributed by atoms with Crippen molar-refractivity contribution in [1.82, 2.24) is 19.5 Å². The van der Waals surface area contributed by atoms with Gasteiger partial charge in [0.1, 0.15) is 0 Å². The first-order valence-electron chi connectivity index (χ1n) is 20.5. The molecule has 1 aliphatic heterocycles. The van der Waals surface area contributed by atoms with Crippen LogP contribution >= 0.6 is 0 Å². The number of benzene rings is 8. The summed E-state index contributed by atoms with van der Waals surface area (Å²) in [7, 11) is 0. The summed E-state index contributed by atoms with van der Waals surface area (Å²) < 4.78 is 64.0. The van der Waals surface area contributed by atoms with Gasteiger partial charge in [0, 0.05) is 38.5 Å². The minimum Gasteiger partial charge on any atom is -0.309 e. The van der Waals surface area contributed by atoms with E-state index in [9.17, 15) is 2.74 Å². The lowest BCUT2D eigenvalue weighted by atomic mass is 9.91. The fourth-order valence-electron chi connectivity index (χ4n) is 7.54. The number of rotatable bonds is 4. The van der Waals surface area contributed by atoms with E-state index in [1.165, 1.54) is 0 Å². The van der Waals surface area contributed by atoms with Crippen LogP contribution in [0.3, 0.4) is 0 Å². The summed E-state index contributed by atoms with van der Waals surface area (Å²) in [6, 6.07) is 41.3. The van der Waals surface area contributed by atoms with Crippen molar-refractivity contribution in [2.24, 2.45) is 0 Å². The molecule has 0 bridgehead atoms. The normalized spacial score (nSPS) is 14.1. The smallest absolute Gasteiger partial charge is 0.238 e. The third kappa shape index (κ3) is 4.33. The van der Waals surface area contributed by atoms with Crippen molar-refractivity contribution in [2.45, 2.75) is 0 Å². The Kier molecular flexibility index (Phi) is 4.86. The highest BCUT2D eigenvalue weighted by Crippen LogP contribution is 2.50. The maximum absolute atomic E-state index is 9.43. The fraction of sp³-hybridized carbons (Fsp3) is 0. The van der Waals surface area contributed by atoms with Crippen molar-refractivity contribution >= 4 is 60.7 Å². The van der Waals surface area contributed by atoms with Crippen LogP contribution in [0, 0.1) is 0 Å². The van der Waals surface area contributed by atoms with Crippen LogP contribution < -0.4 is 4.90 Å². The topological polar surface area (TPSA) is 46.8 Å². The Morgan fingerprint density at radius 3 is 2.10 bits per heavy atom. The van der Waals surface area contributed by atoms with E-state index < -0.39 is 36.3 Å². The quantitative estimate of drug-likeness (QED) is 0.187. The molecular formula is C47H29N5. The molecule has 0 unspecified atom stereocenters. The molecule has 0 N–H and O–H groups in total. The van der Waals surface area contributed by atoms with Crippen molar-refractivity contribution in [3.8, 4) is 39.6 Å². The third-order valence-electron chi connectivity index (χ3n) is 9.80. The van der Waals surface area contributed by atoms with E-state index >= 15 is 0 Å². The van der Waals surface area contributed by atoms with Gasteiger partial charge >= 0.3 is 0 Å². The molecule has 0 radical (unpaired) electrons. The van der Waals surface area contributed by atoms with E-state index in [2.05, 4.69) is 53.1 Å². The van der Waals surface area contributed by atoms with Gasteiger partial charge in [-0.3, -0.25) is 4.90 Å². The number of nitrogens with zero attached hydrogens (tertiary/aromatic N) is 5. The summed E-state index contributed by atoms with van der Waals surface area (Å²) >= 11 is 0. The Bertz CT molecular complexity index is 3440. The highest BCUT2D eigenvalue weighted by atomic mass is 15.3. The van der Waals surface area contributed by atoms with Crippen LogP contribution in [0.4, 0.5) is 17.3 Å². The number of aromatic nitrogens is 4. The molecule has 0 aliphatic carbocycles. The van der Waals surface area contributed by atoms with E-state index in [1.54, 1.807) is 0 Å². The number of hydrogen-bond acceptors (Lipinski definition) is 4. The first-order chi connectivity index (χ1) is 28.7. The number of hydrogen-bond donors (Lipinski definition) is 0. The molecule has 242 valence electrons. The molecule has 2 aromatic heterocycles. The van der Waals surface area contributed by atoms with Crippen LogP contribution in [0.1, 0.15) is 9.60 Å². The first-order valence-corrected chi connectivity index (χ1v) is 17.0. The number of anilines is 3. The van der Waals surface area contributed by atoms with E-state index in [0.717, 1.165) is 60.8 Å². The predicted octanol–water partition coefficient (Wildman–Crippen LogP) is 12.1. The fourth-order valence-corrected chi connectivity index (χ4v) is 7.54. The van der Waals surface area contributed by atoms with Gasteiger partial charge < -0.3 is 4.57 Å². The van der Waals surface area contributed by atoms with Gasteiger partial charge in [0.25, 0.3) is 0 Å². The molecule has 0 spiro atoms. The predicted molar refractivity (Wildman–Crippen MR) is 214 cm³/mol. The van der Waals surface area contributed by atoms with Crippen molar-refractivity contribution in [1.29, 1.82) is 0 Å². The van der Waals surface area contributed by atoms with Gasteiger partial charge in [-0.2, -0.15) is 9.97 Å². The summed E-state index contributed by atoms with van der Waals surface area (Å²) in [4.78, 5) is 17.1.